The fraction of sp³-hybridized carbons (Fsp3) is 0.455. The number of ketones is 1. The SMILES string of the molecule is CCn1cc(CC(=O)C=C(C)C)cn1. The molecule has 0 amide bonds. The van der Waals surface area contributed by atoms with Crippen molar-refractivity contribution in [3.8, 4) is 0 Å². The zero-order chi connectivity index (χ0) is 10.6. The summed E-state index contributed by atoms with van der Waals surface area (Å²) < 4.78 is 1.82. The monoisotopic (exact) mass is 192 g/mol. The molecule has 1 rings (SSSR count). The van der Waals surface area contributed by atoms with E-state index in [0.29, 0.717) is 6.42 Å². The van der Waals surface area contributed by atoms with E-state index in [-0.39, 0.29) is 5.78 Å². The summed E-state index contributed by atoms with van der Waals surface area (Å²) in [7, 11) is 0. The molecule has 1 aromatic heterocycles. The number of aromatic nitrogens is 2. The van der Waals surface area contributed by atoms with Gasteiger partial charge < -0.3 is 0 Å². The van der Waals surface area contributed by atoms with Gasteiger partial charge in [-0.05, 0) is 32.4 Å². The molecule has 1 heterocycles. The van der Waals surface area contributed by atoms with Gasteiger partial charge in [-0.25, -0.2) is 0 Å². The van der Waals surface area contributed by atoms with Crippen LogP contribution in [0.1, 0.15) is 26.3 Å². The molecule has 3 nitrogen and oxygen atoms in total. The normalized spacial score (nSPS) is 9.93. The minimum Gasteiger partial charge on any atom is -0.294 e. The van der Waals surface area contributed by atoms with Crippen molar-refractivity contribution in [3.05, 3.63) is 29.6 Å². The number of hydrogen-bond donors (Lipinski definition) is 0. The quantitative estimate of drug-likeness (QED) is 0.684. The van der Waals surface area contributed by atoms with Crippen molar-refractivity contribution < 1.29 is 4.79 Å². The Morgan fingerprint density at radius 1 is 1.57 bits per heavy atom. The average Bonchev–Trinajstić information content (AvgIpc) is 2.50. The van der Waals surface area contributed by atoms with Crippen molar-refractivity contribution in [1.82, 2.24) is 9.78 Å². The first-order chi connectivity index (χ1) is 6.61. The van der Waals surface area contributed by atoms with Crippen LogP contribution in [-0.2, 0) is 17.8 Å². The molecule has 76 valence electrons. The smallest absolute Gasteiger partial charge is 0.160 e. The van der Waals surface area contributed by atoms with E-state index in [0.717, 1.165) is 17.7 Å². The Hall–Kier alpha value is -1.38. The molecule has 0 saturated heterocycles. The molecule has 14 heavy (non-hydrogen) atoms. The van der Waals surface area contributed by atoms with Crippen LogP contribution < -0.4 is 0 Å². The van der Waals surface area contributed by atoms with Crippen LogP contribution in [0, 0.1) is 0 Å². The molecule has 0 saturated carbocycles. The minimum absolute atomic E-state index is 0.139. The molecular formula is C11H16N2O. The number of nitrogens with zero attached hydrogens (tertiary/aromatic N) is 2. The van der Waals surface area contributed by atoms with Crippen LogP contribution in [0.4, 0.5) is 0 Å². The highest BCUT2D eigenvalue weighted by Crippen LogP contribution is 2.01. The van der Waals surface area contributed by atoms with E-state index < -0.39 is 0 Å². The third-order valence-corrected chi connectivity index (χ3v) is 1.84. The maximum absolute atomic E-state index is 11.4. The molecule has 0 aromatic carbocycles. The van der Waals surface area contributed by atoms with Crippen LogP contribution in [0.3, 0.4) is 0 Å². The Morgan fingerprint density at radius 3 is 2.79 bits per heavy atom. The highest BCUT2D eigenvalue weighted by molar-refractivity contribution is 5.91. The van der Waals surface area contributed by atoms with Crippen LogP contribution in [0.15, 0.2) is 24.0 Å². The first-order valence-corrected chi connectivity index (χ1v) is 4.81. The Labute approximate surface area is 84.4 Å². The van der Waals surface area contributed by atoms with Crippen LogP contribution in [-0.4, -0.2) is 15.6 Å². The van der Waals surface area contributed by atoms with Gasteiger partial charge in [0.1, 0.15) is 0 Å². The lowest BCUT2D eigenvalue weighted by atomic mass is 10.1. The lowest BCUT2D eigenvalue weighted by molar-refractivity contribution is -0.114. The van der Waals surface area contributed by atoms with Crippen molar-refractivity contribution in [1.29, 1.82) is 0 Å². The van der Waals surface area contributed by atoms with Crippen LogP contribution >= 0.6 is 0 Å². The number of rotatable bonds is 4. The van der Waals surface area contributed by atoms with Gasteiger partial charge in [0.15, 0.2) is 5.78 Å². The molecule has 0 fully saturated rings. The molecule has 0 atom stereocenters. The van der Waals surface area contributed by atoms with Crippen molar-refractivity contribution >= 4 is 5.78 Å². The molecule has 0 spiro atoms. The van der Waals surface area contributed by atoms with Crippen molar-refractivity contribution in [2.75, 3.05) is 0 Å². The Bertz CT molecular complexity index is 346. The number of carbonyl (C=O) groups is 1. The fourth-order valence-electron chi connectivity index (χ4n) is 1.24. The molecule has 3 heteroatoms. The predicted molar refractivity (Wildman–Crippen MR) is 56.0 cm³/mol. The van der Waals surface area contributed by atoms with E-state index in [1.54, 1.807) is 12.3 Å². The van der Waals surface area contributed by atoms with Gasteiger partial charge in [-0.15, -0.1) is 0 Å². The van der Waals surface area contributed by atoms with Gasteiger partial charge in [-0.3, -0.25) is 9.48 Å². The van der Waals surface area contributed by atoms with Crippen molar-refractivity contribution in [2.24, 2.45) is 0 Å². The van der Waals surface area contributed by atoms with Gasteiger partial charge in [0.05, 0.1) is 6.20 Å². The molecule has 0 bridgehead atoms. The van der Waals surface area contributed by atoms with Crippen LogP contribution in [0.2, 0.25) is 0 Å². The van der Waals surface area contributed by atoms with E-state index in [2.05, 4.69) is 5.10 Å². The number of allylic oxidation sites excluding steroid dienone is 2. The number of aryl methyl sites for hydroxylation is 1. The van der Waals surface area contributed by atoms with E-state index in [4.69, 9.17) is 0 Å². The van der Waals surface area contributed by atoms with Gasteiger partial charge in [-0.2, -0.15) is 5.10 Å². The second kappa shape index (κ2) is 4.74. The lowest BCUT2D eigenvalue weighted by Gasteiger charge is -1.93. The first kappa shape index (κ1) is 10.7. The lowest BCUT2D eigenvalue weighted by Crippen LogP contribution is -1.98. The second-order valence-corrected chi connectivity index (χ2v) is 3.57. The maximum atomic E-state index is 11.4. The molecule has 0 N–H and O–H groups in total. The highest BCUT2D eigenvalue weighted by Gasteiger charge is 2.02. The Morgan fingerprint density at radius 2 is 2.29 bits per heavy atom. The summed E-state index contributed by atoms with van der Waals surface area (Å²) in [6, 6.07) is 0. The maximum Gasteiger partial charge on any atom is 0.160 e. The second-order valence-electron chi connectivity index (χ2n) is 3.57. The first-order valence-electron chi connectivity index (χ1n) is 4.81. The summed E-state index contributed by atoms with van der Waals surface area (Å²) in [5.74, 6) is 0.139. The van der Waals surface area contributed by atoms with Gasteiger partial charge in [0.25, 0.3) is 0 Å². The van der Waals surface area contributed by atoms with Gasteiger partial charge in [0, 0.05) is 19.2 Å². The van der Waals surface area contributed by atoms with Crippen molar-refractivity contribution in [3.63, 3.8) is 0 Å². The number of carbonyl (C=O) groups excluding carboxylic acids is 1. The Kier molecular flexibility index (Phi) is 3.63. The minimum atomic E-state index is 0.139. The highest BCUT2D eigenvalue weighted by atomic mass is 16.1. The molecule has 0 aliphatic heterocycles. The third-order valence-electron chi connectivity index (χ3n) is 1.84. The molecule has 0 aliphatic rings. The predicted octanol–water partition coefficient (Wildman–Crippen LogP) is 1.98. The van der Waals surface area contributed by atoms with Gasteiger partial charge in [0.2, 0.25) is 0 Å². The average molecular weight is 192 g/mol. The Balaban J connectivity index is 2.60. The van der Waals surface area contributed by atoms with Gasteiger partial charge >= 0.3 is 0 Å². The zero-order valence-corrected chi connectivity index (χ0v) is 8.95. The van der Waals surface area contributed by atoms with Gasteiger partial charge in [-0.1, -0.05) is 5.57 Å². The van der Waals surface area contributed by atoms with E-state index in [1.807, 2.05) is 31.6 Å². The largest absolute Gasteiger partial charge is 0.294 e. The number of hydrogen-bond acceptors (Lipinski definition) is 2. The summed E-state index contributed by atoms with van der Waals surface area (Å²) in [4.78, 5) is 11.4. The summed E-state index contributed by atoms with van der Waals surface area (Å²) in [5, 5.41) is 4.11. The molecule has 0 aliphatic carbocycles. The molecular weight excluding hydrogens is 176 g/mol. The summed E-state index contributed by atoms with van der Waals surface area (Å²) in [5.41, 5.74) is 2.02. The van der Waals surface area contributed by atoms with Crippen LogP contribution in [0.25, 0.3) is 0 Å². The molecule has 0 radical (unpaired) electrons. The van der Waals surface area contributed by atoms with Crippen molar-refractivity contribution in [2.45, 2.75) is 33.7 Å². The summed E-state index contributed by atoms with van der Waals surface area (Å²) in [6.45, 7) is 6.71. The zero-order valence-electron chi connectivity index (χ0n) is 8.95. The molecule has 0 unspecified atom stereocenters. The molecule has 1 aromatic rings. The van der Waals surface area contributed by atoms with E-state index in [1.165, 1.54) is 0 Å². The summed E-state index contributed by atoms with van der Waals surface area (Å²) in [6.07, 6.45) is 5.78. The summed E-state index contributed by atoms with van der Waals surface area (Å²) >= 11 is 0. The standard InChI is InChI=1S/C11H16N2O/c1-4-13-8-10(7-12-13)6-11(14)5-9(2)3/h5,7-8H,4,6H2,1-3H3. The van der Waals surface area contributed by atoms with Crippen LogP contribution in [0.5, 0.6) is 0 Å². The van der Waals surface area contributed by atoms with E-state index >= 15 is 0 Å². The fourth-order valence-corrected chi connectivity index (χ4v) is 1.24. The third kappa shape index (κ3) is 3.17. The van der Waals surface area contributed by atoms with E-state index in [9.17, 15) is 4.79 Å². The topological polar surface area (TPSA) is 34.9 Å².